The van der Waals surface area contributed by atoms with Crippen molar-refractivity contribution in [3.05, 3.63) is 47.2 Å². The van der Waals surface area contributed by atoms with Crippen molar-refractivity contribution >= 4 is 16.9 Å². The van der Waals surface area contributed by atoms with Gasteiger partial charge in [0.1, 0.15) is 11.4 Å². The van der Waals surface area contributed by atoms with Crippen LogP contribution in [0.5, 0.6) is 0 Å². The van der Waals surface area contributed by atoms with Crippen molar-refractivity contribution in [1.82, 2.24) is 19.7 Å². The van der Waals surface area contributed by atoms with E-state index in [1.54, 1.807) is 4.90 Å². The molecule has 3 heterocycles. The monoisotopic (exact) mass is 296 g/mol. The van der Waals surface area contributed by atoms with Crippen molar-refractivity contribution in [2.24, 2.45) is 0 Å². The van der Waals surface area contributed by atoms with E-state index in [-0.39, 0.29) is 5.91 Å². The summed E-state index contributed by atoms with van der Waals surface area (Å²) in [5, 5.41) is 9.19. The van der Waals surface area contributed by atoms with E-state index in [1.807, 2.05) is 38.1 Å². The van der Waals surface area contributed by atoms with Gasteiger partial charge in [0, 0.05) is 24.0 Å². The zero-order valence-corrected chi connectivity index (χ0v) is 12.5. The molecule has 3 aromatic rings. The number of aryl methyl sites for hydroxylation is 2. The summed E-state index contributed by atoms with van der Waals surface area (Å²) in [5.41, 5.74) is 1.64. The van der Waals surface area contributed by atoms with Gasteiger partial charge in [-0.15, -0.1) is 10.2 Å². The summed E-state index contributed by atoms with van der Waals surface area (Å²) in [7, 11) is 0. The lowest BCUT2D eigenvalue weighted by Gasteiger charge is -2.27. The molecule has 1 amide bonds. The van der Waals surface area contributed by atoms with E-state index in [0.717, 1.165) is 34.7 Å². The van der Waals surface area contributed by atoms with Crippen LogP contribution in [-0.2, 0) is 13.1 Å². The van der Waals surface area contributed by atoms with Crippen LogP contribution in [0.15, 0.2) is 28.7 Å². The third kappa shape index (κ3) is 1.83. The number of rotatable bonds is 1. The minimum absolute atomic E-state index is 0.0828. The molecule has 0 atom stereocenters. The number of fused-ring (bicyclic) bond motifs is 2. The summed E-state index contributed by atoms with van der Waals surface area (Å²) in [6.45, 7) is 5.68. The minimum Gasteiger partial charge on any atom is -0.451 e. The fourth-order valence-electron chi connectivity index (χ4n) is 3.00. The van der Waals surface area contributed by atoms with Crippen LogP contribution >= 0.6 is 0 Å². The van der Waals surface area contributed by atoms with Crippen molar-refractivity contribution in [2.45, 2.75) is 26.9 Å². The minimum atomic E-state index is -0.0828. The fraction of sp³-hybridized carbons (Fsp3) is 0.312. The molecular weight excluding hydrogens is 280 g/mol. The molecule has 0 radical (unpaired) electrons. The Hall–Kier alpha value is -2.63. The molecule has 0 N–H and O–H groups in total. The molecule has 0 aliphatic carbocycles. The highest BCUT2D eigenvalue weighted by atomic mass is 16.3. The molecule has 6 heteroatoms. The maximum absolute atomic E-state index is 12.8. The predicted octanol–water partition coefficient (Wildman–Crippen LogP) is 2.30. The summed E-state index contributed by atoms with van der Waals surface area (Å²) in [5.74, 6) is 2.05. The molecule has 0 saturated heterocycles. The van der Waals surface area contributed by atoms with Crippen molar-refractivity contribution in [1.29, 1.82) is 0 Å². The van der Waals surface area contributed by atoms with E-state index < -0.39 is 0 Å². The van der Waals surface area contributed by atoms with Crippen LogP contribution in [0, 0.1) is 13.8 Å². The lowest BCUT2D eigenvalue weighted by Crippen LogP contribution is -2.38. The second-order valence-corrected chi connectivity index (χ2v) is 5.59. The molecule has 1 aliphatic heterocycles. The SMILES string of the molecule is Cc1c(C(=O)N2CCn3c(C)nnc3C2)oc2ccccc12. The summed E-state index contributed by atoms with van der Waals surface area (Å²) in [6, 6.07) is 7.72. The Balaban J connectivity index is 1.68. The molecule has 0 unspecified atom stereocenters. The highest BCUT2D eigenvalue weighted by Gasteiger charge is 2.27. The average molecular weight is 296 g/mol. The molecule has 0 fully saturated rings. The Morgan fingerprint density at radius 2 is 2.00 bits per heavy atom. The topological polar surface area (TPSA) is 64.2 Å². The van der Waals surface area contributed by atoms with Gasteiger partial charge < -0.3 is 13.9 Å². The van der Waals surface area contributed by atoms with E-state index in [9.17, 15) is 4.79 Å². The van der Waals surface area contributed by atoms with Crippen LogP contribution in [0.2, 0.25) is 0 Å². The number of nitrogens with zero attached hydrogens (tertiary/aromatic N) is 4. The Bertz CT molecular complexity index is 878. The smallest absolute Gasteiger partial charge is 0.290 e. The van der Waals surface area contributed by atoms with Crippen molar-refractivity contribution in [3.8, 4) is 0 Å². The third-order valence-electron chi connectivity index (χ3n) is 4.26. The van der Waals surface area contributed by atoms with Crippen LogP contribution in [0.3, 0.4) is 0 Å². The van der Waals surface area contributed by atoms with Crippen molar-refractivity contribution in [2.75, 3.05) is 6.54 Å². The first-order valence-corrected chi connectivity index (χ1v) is 7.31. The predicted molar refractivity (Wildman–Crippen MR) is 80.5 cm³/mol. The highest BCUT2D eigenvalue weighted by Crippen LogP contribution is 2.26. The maximum atomic E-state index is 12.8. The molecule has 2 aromatic heterocycles. The van der Waals surface area contributed by atoms with E-state index >= 15 is 0 Å². The van der Waals surface area contributed by atoms with Crippen LogP contribution in [0.1, 0.15) is 27.8 Å². The van der Waals surface area contributed by atoms with Gasteiger partial charge in [-0.2, -0.15) is 0 Å². The van der Waals surface area contributed by atoms with Gasteiger partial charge in [0.2, 0.25) is 0 Å². The van der Waals surface area contributed by atoms with Gasteiger partial charge in [-0.3, -0.25) is 4.79 Å². The van der Waals surface area contributed by atoms with Crippen LogP contribution in [-0.4, -0.2) is 32.1 Å². The number of amides is 1. The molecule has 22 heavy (non-hydrogen) atoms. The zero-order valence-electron chi connectivity index (χ0n) is 12.5. The van der Waals surface area contributed by atoms with E-state index in [2.05, 4.69) is 14.8 Å². The van der Waals surface area contributed by atoms with Crippen LogP contribution in [0.4, 0.5) is 0 Å². The number of aromatic nitrogens is 3. The molecular formula is C16H16N4O2. The number of hydrogen-bond donors (Lipinski definition) is 0. The number of para-hydroxylation sites is 1. The van der Waals surface area contributed by atoms with Crippen molar-refractivity contribution in [3.63, 3.8) is 0 Å². The molecule has 112 valence electrons. The normalized spacial score (nSPS) is 14.4. The van der Waals surface area contributed by atoms with Gasteiger partial charge in [-0.1, -0.05) is 18.2 Å². The van der Waals surface area contributed by atoms with E-state index in [4.69, 9.17) is 4.42 Å². The highest BCUT2D eigenvalue weighted by molar-refractivity contribution is 5.98. The second-order valence-electron chi connectivity index (χ2n) is 5.59. The lowest BCUT2D eigenvalue weighted by atomic mass is 10.1. The van der Waals surface area contributed by atoms with Gasteiger partial charge in [-0.05, 0) is 19.9 Å². The number of hydrogen-bond acceptors (Lipinski definition) is 4. The van der Waals surface area contributed by atoms with Crippen molar-refractivity contribution < 1.29 is 9.21 Å². The zero-order chi connectivity index (χ0) is 15.3. The Morgan fingerprint density at radius 3 is 2.82 bits per heavy atom. The first-order valence-electron chi connectivity index (χ1n) is 7.31. The second kappa shape index (κ2) is 4.69. The fourth-order valence-corrected chi connectivity index (χ4v) is 3.00. The molecule has 0 saturated carbocycles. The molecule has 0 bridgehead atoms. The van der Waals surface area contributed by atoms with Crippen LogP contribution in [0.25, 0.3) is 11.0 Å². The van der Waals surface area contributed by atoms with E-state index in [0.29, 0.717) is 18.8 Å². The summed E-state index contributed by atoms with van der Waals surface area (Å²) in [6.07, 6.45) is 0. The van der Waals surface area contributed by atoms with Gasteiger partial charge in [0.15, 0.2) is 11.6 Å². The Kier molecular flexibility index (Phi) is 2.79. The Labute approximate surface area is 127 Å². The van der Waals surface area contributed by atoms with Gasteiger partial charge in [0.05, 0.1) is 6.54 Å². The molecule has 6 nitrogen and oxygen atoms in total. The molecule has 1 aromatic carbocycles. The van der Waals surface area contributed by atoms with Gasteiger partial charge >= 0.3 is 0 Å². The molecule has 4 rings (SSSR count). The standard InChI is InChI=1S/C16H16N4O2/c1-10-12-5-3-4-6-13(12)22-15(10)16(21)19-7-8-20-11(2)17-18-14(20)9-19/h3-6H,7-9H2,1-2H3. The number of furan rings is 1. The number of benzene rings is 1. The summed E-state index contributed by atoms with van der Waals surface area (Å²) in [4.78, 5) is 14.6. The average Bonchev–Trinajstić information content (AvgIpc) is 3.08. The summed E-state index contributed by atoms with van der Waals surface area (Å²) >= 11 is 0. The largest absolute Gasteiger partial charge is 0.451 e. The first kappa shape index (κ1) is 13.1. The number of carbonyl (C=O) groups is 1. The molecule has 1 aliphatic rings. The van der Waals surface area contributed by atoms with Crippen LogP contribution < -0.4 is 0 Å². The maximum Gasteiger partial charge on any atom is 0.290 e. The van der Waals surface area contributed by atoms with E-state index in [1.165, 1.54) is 0 Å². The Morgan fingerprint density at radius 1 is 1.18 bits per heavy atom. The summed E-state index contributed by atoms with van der Waals surface area (Å²) < 4.78 is 7.82. The van der Waals surface area contributed by atoms with Gasteiger partial charge in [-0.25, -0.2) is 0 Å². The van der Waals surface area contributed by atoms with Gasteiger partial charge in [0.25, 0.3) is 5.91 Å². The number of carbonyl (C=O) groups excluding carboxylic acids is 1. The lowest BCUT2D eigenvalue weighted by molar-refractivity contribution is 0.0675. The first-order chi connectivity index (χ1) is 10.6. The third-order valence-corrected chi connectivity index (χ3v) is 4.26. The quantitative estimate of drug-likeness (QED) is 0.691. The molecule has 0 spiro atoms.